The molecule has 2 aromatic carbocycles. The minimum Gasteiger partial charge on any atom is -0.506 e. The lowest BCUT2D eigenvalue weighted by Crippen LogP contribution is -2.58. The van der Waals surface area contributed by atoms with Crippen molar-refractivity contribution in [1.82, 2.24) is 25.2 Å². The molecule has 0 unspecified atom stereocenters. The molecule has 0 bridgehead atoms. The second-order valence-corrected chi connectivity index (χ2v) is 17.7. The van der Waals surface area contributed by atoms with E-state index in [1.165, 1.54) is 17.5 Å². The fourth-order valence-electron chi connectivity index (χ4n) is 8.86. The van der Waals surface area contributed by atoms with Crippen molar-refractivity contribution in [3.05, 3.63) is 70.6 Å². The van der Waals surface area contributed by atoms with Crippen molar-refractivity contribution in [3.63, 3.8) is 0 Å². The zero-order chi connectivity index (χ0) is 47.3. The highest BCUT2D eigenvalue weighted by molar-refractivity contribution is 5.97. The van der Waals surface area contributed by atoms with E-state index in [2.05, 4.69) is 49.9 Å². The Kier molecular flexibility index (Phi) is 17.8. The Bertz CT molecular complexity index is 2100. The van der Waals surface area contributed by atoms with Gasteiger partial charge in [0, 0.05) is 57.3 Å². The average molecular weight is 929 g/mol. The van der Waals surface area contributed by atoms with E-state index in [0.717, 1.165) is 75.9 Å². The SMILES string of the molecule is CC(C)c1cc(C(=O)N2CCOC3(CCN(Cc4cccc(CCOCCC(=O)N(CCNCCc5ccc(O)c6c5OCC(=O)N6)C5CCCCC5)c4)CC3)C2)no1.O=C(O)C(F)(F)F. The topological polar surface area (TPSA) is 196 Å². The van der Waals surface area contributed by atoms with E-state index in [-0.39, 0.29) is 47.6 Å². The number of morpholine rings is 1. The van der Waals surface area contributed by atoms with Gasteiger partial charge in [0.2, 0.25) is 5.91 Å². The van der Waals surface area contributed by atoms with Crippen molar-refractivity contribution in [1.29, 1.82) is 0 Å². The number of carbonyl (C=O) groups excluding carboxylic acids is 3. The molecule has 16 nitrogen and oxygen atoms in total. The zero-order valence-electron chi connectivity index (χ0n) is 37.8. The lowest BCUT2D eigenvalue weighted by molar-refractivity contribution is -0.192. The molecule has 2 saturated heterocycles. The summed E-state index contributed by atoms with van der Waals surface area (Å²) in [5.74, 6) is -1.56. The van der Waals surface area contributed by atoms with E-state index in [9.17, 15) is 32.7 Å². The fraction of sp³-hybridized carbons (Fsp3) is 0.596. The van der Waals surface area contributed by atoms with E-state index in [1.54, 1.807) is 12.1 Å². The summed E-state index contributed by atoms with van der Waals surface area (Å²) in [5, 5.41) is 27.5. The number of hydrogen-bond acceptors (Lipinski definition) is 12. The number of anilines is 1. The van der Waals surface area contributed by atoms with Gasteiger partial charge in [0.05, 0.1) is 38.4 Å². The first-order valence-electron chi connectivity index (χ1n) is 23.0. The highest BCUT2D eigenvalue weighted by Crippen LogP contribution is 2.39. The summed E-state index contributed by atoms with van der Waals surface area (Å²) in [6.45, 7) is 11.2. The van der Waals surface area contributed by atoms with E-state index >= 15 is 0 Å². The number of benzene rings is 2. The number of nitrogens with zero attached hydrogens (tertiary/aromatic N) is 4. The fourth-order valence-corrected chi connectivity index (χ4v) is 8.86. The summed E-state index contributed by atoms with van der Waals surface area (Å²) in [6.07, 6.45) is 4.08. The molecule has 19 heteroatoms. The third-order valence-corrected chi connectivity index (χ3v) is 12.5. The van der Waals surface area contributed by atoms with E-state index in [0.29, 0.717) is 82.5 Å². The number of ether oxygens (including phenoxy) is 3. The second-order valence-electron chi connectivity index (χ2n) is 17.7. The van der Waals surface area contributed by atoms with Gasteiger partial charge in [-0.3, -0.25) is 19.3 Å². The third-order valence-electron chi connectivity index (χ3n) is 12.5. The molecule has 1 spiro atoms. The van der Waals surface area contributed by atoms with Crippen LogP contribution in [0.15, 0.2) is 47.0 Å². The first kappa shape index (κ1) is 50.2. The third kappa shape index (κ3) is 14.1. The maximum atomic E-state index is 13.5. The molecule has 3 aromatic rings. The van der Waals surface area contributed by atoms with E-state index < -0.39 is 12.1 Å². The molecule has 362 valence electrons. The van der Waals surface area contributed by atoms with Gasteiger partial charge in [0.15, 0.2) is 18.1 Å². The van der Waals surface area contributed by atoms with Crippen LogP contribution in [-0.4, -0.2) is 144 Å². The van der Waals surface area contributed by atoms with Crippen molar-refractivity contribution in [2.75, 3.05) is 77.6 Å². The Balaban J connectivity index is 0.000000952. The molecule has 0 radical (unpaired) electrons. The first-order chi connectivity index (χ1) is 31.6. The average Bonchev–Trinajstić information content (AvgIpc) is 3.80. The van der Waals surface area contributed by atoms with Gasteiger partial charge in [-0.2, -0.15) is 13.2 Å². The Morgan fingerprint density at radius 2 is 1.76 bits per heavy atom. The van der Waals surface area contributed by atoms with Crippen LogP contribution >= 0.6 is 0 Å². The molecule has 1 aromatic heterocycles. The maximum Gasteiger partial charge on any atom is 0.490 e. The lowest BCUT2D eigenvalue weighted by atomic mass is 9.89. The normalized spacial score (nSPS) is 17.7. The number of likely N-dealkylation sites (tertiary alicyclic amines) is 1. The Labute approximate surface area is 383 Å². The number of nitrogens with one attached hydrogen (secondary N) is 2. The van der Waals surface area contributed by atoms with Crippen molar-refractivity contribution in [2.24, 2.45) is 0 Å². The van der Waals surface area contributed by atoms with E-state index in [4.69, 9.17) is 28.6 Å². The number of halogens is 3. The van der Waals surface area contributed by atoms with Crippen LogP contribution in [0.4, 0.5) is 18.9 Å². The number of phenols is 1. The Morgan fingerprint density at radius 1 is 1.02 bits per heavy atom. The van der Waals surface area contributed by atoms with Crippen molar-refractivity contribution >= 4 is 29.4 Å². The monoisotopic (exact) mass is 928 g/mol. The van der Waals surface area contributed by atoms with Gasteiger partial charge in [0.25, 0.3) is 11.8 Å². The van der Waals surface area contributed by atoms with Crippen LogP contribution in [0.3, 0.4) is 0 Å². The van der Waals surface area contributed by atoms with Crippen LogP contribution in [0, 0.1) is 0 Å². The van der Waals surface area contributed by atoms with Crippen LogP contribution in [0.5, 0.6) is 11.5 Å². The molecule has 4 N–H and O–H groups in total. The lowest BCUT2D eigenvalue weighted by Gasteiger charge is -2.47. The maximum absolute atomic E-state index is 13.5. The highest BCUT2D eigenvalue weighted by atomic mass is 19.4. The largest absolute Gasteiger partial charge is 0.506 e. The summed E-state index contributed by atoms with van der Waals surface area (Å²) in [6, 6.07) is 14.1. The molecular weight excluding hydrogens is 866 g/mol. The number of alkyl halides is 3. The number of carboxylic acids is 1. The highest BCUT2D eigenvalue weighted by Gasteiger charge is 2.42. The number of piperidine rings is 1. The van der Waals surface area contributed by atoms with Gasteiger partial charge in [-0.15, -0.1) is 0 Å². The van der Waals surface area contributed by atoms with Gasteiger partial charge in [-0.05, 0) is 67.8 Å². The standard InChI is InChI=1S/C45H62N6O8.C2HF3O2/c1-32(2)39-28-37(48-59-39)44(55)50-23-26-58-45(31-50)16-20-49(21-17-45)29-34-8-6-7-33(27-34)14-24-56-25-15-41(54)51(36-9-4-3-5-10-36)22-19-46-18-13-35-11-12-38(52)42-43(35)57-30-40(53)47-42;3-2(4,5)1(6)7/h6-8,11-12,27-28,32,36,46,52H,3-5,9-10,13-26,29-31H2,1-2H3,(H,47,53);(H,6,7). The quantitative estimate of drug-likeness (QED) is 0.0922. The predicted molar refractivity (Wildman–Crippen MR) is 236 cm³/mol. The van der Waals surface area contributed by atoms with Gasteiger partial charge in [-0.25, -0.2) is 4.79 Å². The van der Waals surface area contributed by atoms with Gasteiger partial charge in [0.1, 0.15) is 17.2 Å². The molecule has 1 saturated carbocycles. The molecule has 1 aliphatic carbocycles. The number of amides is 3. The van der Waals surface area contributed by atoms with Crippen molar-refractivity contribution in [3.8, 4) is 11.5 Å². The molecule has 3 aliphatic heterocycles. The number of aromatic nitrogens is 1. The molecule has 3 amide bonds. The smallest absolute Gasteiger partial charge is 0.490 e. The van der Waals surface area contributed by atoms with Gasteiger partial charge >= 0.3 is 12.1 Å². The molecule has 0 atom stereocenters. The molecule has 7 rings (SSSR count). The van der Waals surface area contributed by atoms with Crippen LogP contribution in [0.2, 0.25) is 0 Å². The number of rotatable bonds is 17. The number of hydrogen-bond donors (Lipinski definition) is 4. The van der Waals surface area contributed by atoms with Gasteiger partial charge in [-0.1, -0.05) is 68.6 Å². The predicted octanol–water partition coefficient (Wildman–Crippen LogP) is 5.92. The zero-order valence-corrected chi connectivity index (χ0v) is 37.8. The second kappa shape index (κ2) is 23.5. The van der Waals surface area contributed by atoms with Crippen molar-refractivity contribution in [2.45, 2.75) is 108 Å². The summed E-state index contributed by atoms with van der Waals surface area (Å²) in [7, 11) is 0. The number of phenolic OH excluding ortho intramolecular Hbond substituents is 1. The van der Waals surface area contributed by atoms with Crippen molar-refractivity contribution < 1.29 is 61.3 Å². The van der Waals surface area contributed by atoms with Crippen LogP contribution in [-0.2, 0) is 43.2 Å². The number of carbonyl (C=O) groups is 4. The van der Waals surface area contributed by atoms with Crippen LogP contribution < -0.4 is 15.4 Å². The summed E-state index contributed by atoms with van der Waals surface area (Å²) in [4.78, 5) is 53.8. The molecular formula is C47H63F3N6O10. The number of carboxylic acid groups (broad SMARTS) is 1. The summed E-state index contributed by atoms with van der Waals surface area (Å²) < 4.78 is 55.1. The molecule has 4 aliphatic rings. The minimum atomic E-state index is -5.08. The number of fused-ring (bicyclic) bond motifs is 1. The van der Waals surface area contributed by atoms with E-state index in [1.807, 2.05) is 24.8 Å². The molecule has 4 heterocycles. The summed E-state index contributed by atoms with van der Waals surface area (Å²) >= 11 is 0. The number of aliphatic carboxylic acids is 1. The molecule has 66 heavy (non-hydrogen) atoms. The minimum absolute atomic E-state index is 0.00615. The first-order valence-corrected chi connectivity index (χ1v) is 23.0. The molecule has 3 fully saturated rings. The Morgan fingerprint density at radius 3 is 2.47 bits per heavy atom. The van der Waals surface area contributed by atoms with Crippen LogP contribution in [0.25, 0.3) is 0 Å². The summed E-state index contributed by atoms with van der Waals surface area (Å²) in [5.41, 5.74) is 3.78. The Hall–Kier alpha value is -5.24. The van der Waals surface area contributed by atoms with Crippen LogP contribution in [0.1, 0.15) is 104 Å². The number of aromatic hydroxyl groups is 1. The van der Waals surface area contributed by atoms with Gasteiger partial charge < -0.3 is 49.4 Å².